The Labute approximate surface area is 161 Å². The molecule has 7 nitrogen and oxygen atoms in total. The van der Waals surface area contributed by atoms with E-state index >= 15 is 0 Å². The van der Waals surface area contributed by atoms with Crippen molar-refractivity contribution in [1.82, 2.24) is 20.2 Å². The Hall–Kier alpha value is -1.15. The van der Waals surface area contributed by atoms with E-state index in [0.717, 1.165) is 70.0 Å². The minimum absolute atomic E-state index is 0. The molecule has 25 heavy (non-hydrogen) atoms. The van der Waals surface area contributed by atoms with E-state index in [9.17, 15) is 4.79 Å². The van der Waals surface area contributed by atoms with Crippen LogP contribution in [0.1, 0.15) is 17.7 Å². The van der Waals surface area contributed by atoms with Crippen molar-refractivity contribution in [2.24, 2.45) is 0 Å². The lowest BCUT2D eigenvalue weighted by Gasteiger charge is -2.25. The summed E-state index contributed by atoms with van der Waals surface area (Å²) < 4.78 is 4.97. The zero-order chi connectivity index (χ0) is 16.1. The number of carbonyl (C=O) groups is 1. The molecule has 3 rings (SSSR count). The van der Waals surface area contributed by atoms with Crippen LogP contribution in [0.4, 0.5) is 5.82 Å². The standard InChI is InChI=1S/C16H25N5O2.2ClH/c1-23-11-15(22)20-7-2-8-21(10-9-20)16-13-3-5-17-6-4-14(13)18-12-19-16;;/h12,17H,2-11H2,1H3;2*1H. The van der Waals surface area contributed by atoms with E-state index in [2.05, 4.69) is 20.2 Å². The third kappa shape index (κ3) is 5.41. The van der Waals surface area contributed by atoms with Crippen LogP contribution in [0.5, 0.6) is 0 Å². The molecule has 0 radical (unpaired) electrons. The average molecular weight is 392 g/mol. The Morgan fingerprint density at radius 3 is 2.76 bits per heavy atom. The molecule has 2 aliphatic heterocycles. The molecule has 2 aliphatic rings. The maximum atomic E-state index is 12.0. The summed E-state index contributed by atoms with van der Waals surface area (Å²) >= 11 is 0. The second-order valence-corrected chi connectivity index (χ2v) is 6.03. The zero-order valence-electron chi connectivity index (χ0n) is 14.6. The molecule has 0 spiro atoms. The van der Waals surface area contributed by atoms with Gasteiger partial charge in [-0.15, -0.1) is 24.8 Å². The topological polar surface area (TPSA) is 70.6 Å². The highest BCUT2D eigenvalue weighted by Gasteiger charge is 2.23. The Bertz CT molecular complexity index is 561. The molecule has 142 valence electrons. The molecule has 0 bridgehead atoms. The van der Waals surface area contributed by atoms with Gasteiger partial charge in [0.05, 0.1) is 5.69 Å². The number of aromatic nitrogens is 2. The van der Waals surface area contributed by atoms with Gasteiger partial charge in [-0.1, -0.05) is 0 Å². The molecule has 1 amide bonds. The van der Waals surface area contributed by atoms with E-state index in [1.807, 2.05) is 4.90 Å². The van der Waals surface area contributed by atoms with Crippen molar-refractivity contribution < 1.29 is 9.53 Å². The highest BCUT2D eigenvalue weighted by atomic mass is 35.5. The van der Waals surface area contributed by atoms with Gasteiger partial charge in [0.2, 0.25) is 5.91 Å². The maximum Gasteiger partial charge on any atom is 0.248 e. The first kappa shape index (κ1) is 21.9. The van der Waals surface area contributed by atoms with Gasteiger partial charge in [-0.25, -0.2) is 9.97 Å². The van der Waals surface area contributed by atoms with Gasteiger partial charge < -0.3 is 19.9 Å². The number of ether oxygens (including phenoxy) is 1. The monoisotopic (exact) mass is 391 g/mol. The largest absolute Gasteiger partial charge is 0.375 e. The number of amides is 1. The minimum Gasteiger partial charge on any atom is -0.375 e. The van der Waals surface area contributed by atoms with Crippen LogP contribution in [-0.4, -0.2) is 73.8 Å². The minimum atomic E-state index is 0. The molecule has 1 fully saturated rings. The molecule has 1 saturated heterocycles. The summed E-state index contributed by atoms with van der Waals surface area (Å²) in [4.78, 5) is 25.3. The third-order valence-corrected chi connectivity index (χ3v) is 4.52. The van der Waals surface area contributed by atoms with E-state index in [4.69, 9.17) is 4.74 Å². The fourth-order valence-corrected chi connectivity index (χ4v) is 3.32. The van der Waals surface area contributed by atoms with Gasteiger partial charge >= 0.3 is 0 Å². The summed E-state index contributed by atoms with van der Waals surface area (Å²) in [6.45, 7) is 5.35. The van der Waals surface area contributed by atoms with Crippen molar-refractivity contribution in [2.75, 3.05) is 57.9 Å². The van der Waals surface area contributed by atoms with Gasteiger partial charge in [0.1, 0.15) is 18.8 Å². The number of methoxy groups -OCH3 is 1. The van der Waals surface area contributed by atoms with Gasteiger partial charge in [-0.3, -0.25) is 4.79 Å². The number of nitrogens with one attached hydrogen (secondary N) is 1. The smallest absolute Gasteiger partial charge is 0.248 e. The van der Waals surface area contributed by atoms with Gasteiger partial charge in [0.15, 0.2) is 0 Å². The van der Waals surface area contributed by atoms with E-state index in [1.165, 1.54) is 5.56 Å². The number of carbonyl (C=O) groups excluding carboxylic acids is 1. The SMILES string of the molecule is COCC(=O)N1CCCN(c2ncnc3c2CCNCC3)CC1.Cl.Cl. The molecule has 1 aromatic rings. The summed E-state index contributed by atoms with van der Waals surface area (Å²) in [5, 5.41) is 3.42. The first-order valence-corrected chi connectivity index (χ1v) is 8.34. The van der Waals surface area contributed by atoms with Crippen LogP contribution >= 0.6 is 24.8 Å². The highest BCUT2D eigenvalue weighted by Crippen LogP contribution is 2.23. The molecule has 3 heterocycles. The Balaban J connectivity index is 0.00000156. The summed E-state index contributed by atoms with van der Waals surface area (Å²) in [5.41, 5.74) is 2.44. The number of hydrogen-bond acceptors (Lipinski definition) is 6. The molecule has 0 atom stereocenters. The fraction of sp³-hybridized carbons (Fsp3) is 0.688. The first-order valence-electron chi connectivity index (χ1n) is 8.34. The van der Waals surface area contributed by atoms with Crippen LogP contribution in [0.3, 0.4) is 0 Å². The van der Waals surface area contributed by atoms with Gasteiger partial charge in [0.25, 0.3) is 0 Å². The van der Waals surface area contributed by atoms with Gasteiger partial charge in [-0.05, 0) is 19.4 Å². The maximum absolute atomic E-state index is 12.0. The summed E-state index contributed by atoms with van der Waals surface area (Å²) in [7, 11) is 1.56. The van der Waals surface area contributed by atoms with Crippen molar-refractivity contribution in [3.63, 3.8) is 0 Å². The van der Waals surface area contributed by atoms with E-state index in [0.29, 0.717) is 0 Å². The van der Waals surface area contributed by atoms with Crippen LogP contribution in [0, 0.1) is 0 Å². The molecule has 1 aromatic heterocycles. The Morgan fingerprint density at radius 2 is 1.96 bits per heavy atom. The summed E-state index contributed by atoms with van der Waals surface area (Å²) in [6, 6.07) is 0. The average Bonchev–Trinajstić information content (AvgIpc) is 2.95. The van der Waals surface area contributed by atoms with Gasteiger partial charge in [0, 0.05) is 51.8 Å². The van der Waals surface area contributed by atoms with Crippen molar-refractivity contribution >= 4 is 36.5 Å². The second kappa shape index (κ2) is 10.8. The zero-order valence-corrected chi connectivity index (χ0v) is 16.2. The molecule has 0 aliphatic carbocycles. The number of fused-ring (bicyclic) bond motifs is 1. The number of nitrogens with zero attached hydrogens (tertiary/aromatic N) is 4. The molecular formula is C16H27Cl2N5O2. The van der Waals surface area contributed by atoms with Crippen LogP contribution in [0.25, 0.3) is 0 Å². The number of halogens is 2. The molecule has 0 aromatic carbocycles. The van der Waals surface area contributed by atoms with E-state index in [1.54, 1.807) is 13.4 Å². The third-order valence-electron chi connectivity index (χ3n) is 4.52. The lowest BCUT2D eigenvalue weighted by atomic mass is 10.1. The van der Waals surface area contributed by atoms with Crippen LogP contribution in [0.2, 0.25) is 0 Å². The number of anilines is 1. The van der Waals surface area contributed by atoms with Gasteiger partial charge in [-0.2, -0.15) is 0 Å². The quantitative estimate of drug-likeness (QED) is 0.817. The first-order chi connectivity index (χ1) is 11.3. The molecule has 0 saturated carbocycles. The lowest BCUT2D eigenvalue weighted by Crippen LogP contribution is -2.37. The predicted octanol–water partition coefficient (Wildman–Crippen LogP) is 0.693. The fourth-order valence-electron chi connectivity index (χ4n) is 3.32. The molecule has 1 N–H and O–H groups in total. The Kier molecular flexibility index (Phi) is 9.42. The molecule has 0 unspecified atom stereocenters. The second-order valence-electron chi connectivity index (χ2n) is 6.03. The molecule has 9 heteroatoms. The predicted molar refractivity (Wildman–Crippen MR) is 102 cm³/mol. The van der Waals surface area contributed by atoms with Crippen molar-refractivity contribution in [1.29, 1.82) is 0 Å². The molecular weight excluding hydrogens is 365 g/mol. The summed E-state index contributed by atoms with van der Waals surface area (Å²) in [6.07, 6.45) is 4.55. The summed E-state index contributed by atoms with van der Waals surface area (Å²) in [5.74, 6) is 1.12. The van der Waals surface area contributed by atoms with Crippen molar-refractivity contribution in [2.45, 2.75) is 19.3 Å². The van der Waals surface area contributed by atoms with Crippen LogP contribution < -0.4 is 10.2 Å². The Morgan fingerprint density at radius 1 is 1.16 bits per heavy atom. The van der Waals surface area contributed by atoms with E-state index < -0.39 is 0 Å². The lowest BCUT2D eigenvalue weighted by molar-refractivity contribution is -0.134. The number of rotatable bonds is 3. The van der Waals surface area contributed by atoms with E-state index in [-0.39, 0.29) is 37.3 Å². The normalized spacial score (nSPS) is 17.5. The van der Waals surface area contributed by atoms with Crippen LogP contribution in [0.15, 0.2) is 6.33 Å². The van der Waals surface area contributed by atoms with Crippen LogP contribution in [-0.2, 0) is 22.4 Å². The van der Waals surface area contributed by atoms with Crippen molar-refractivity contribution in [3.05, 3.63) is 17.6 Å². The van der Waals surface area contributed by atoms with Crippen molar-refractivity contribution in [3.8, 4) is 0 Å². The number of hydrogen-bond donors (Lipinski definition) is 1. The highest BCUT2D eigenvalue weighted by molar-refractivity contribution is 5.85.